The molecule has 0 aromatic carbocycles. The number of aromatic nitrogens is 1. The van der Waals surface area contributed by atoms with Gasteiger partial charge in [-0.1, -0.05) is 12.5 Å². The lowest BCUT2D eigenvalue weighted by Crippen LogP contribution is -2.44. The van der Waals surface area contributed by atoms with Gasteiger partial charge in [0.1, 0.15) is 5.82 Å². The van der Waals surface area contributed by atoms with E-state index in [0.717, 1.165) is 56.8 Å². The molecule has 3 saturated heterocycles. The number of aryl methyl sites for hydroxylation is 1. The van der Waals surface area contributed by atoms with Crippen molar-refractivity contribution in [2.45, 2.75) is 50.7 Å². The van der Waals surface area contributed by atoms with Gasteiger partial charge < -0.3 is 15.0 Å². The van der Waals surface area contributed by atoms with Gasteiger partial charge in [0, 0.05) is 43.1 Å². The monoisotopic (exact) mass is 341 g/mol. The molecule has 1 aromatic heterocycles. The van der Waals surface area contributed by atoms with Gasteiger partial charge in [0.15, 0.2) is 0 Å². The molecule has 5 rings (SSSR count). The summed E-state index contributed by atoms with van der Waals surface area (Å²) in [6, 6.07) is 6.22. The molecule has 5 nitrogen and oxygen atoms in total. The number of pyridine rings is 1. The summed E-state index contributed by atoms with van der Waals surface area (Å²) in [5, 5.41) is 3.23. The Morgan fingerprint density at radius 2 is 2.28 bits per heavy atom. The van der Waals surface area contributed by atoms with Crippen LogP contribution in [-0.2, 0) is 9.53 Å². The lowest BCUT2D eigenvalue weighted by molar-refractivity contribution is -0.127. The Hall–Kier alpha value is -1.62. The zero-order valence-electron chi connectivity index (χ0n) is 14.9. The maximum absolute atomic E-state index is 12.2. The van der Waals surface area contributed by atoms with Crippen molar-refractivity contribution in [2.75, 3.05) is 24.5 Å². The average molecular weight is 341 g/mol. The van der Waals surface area contributed by atoms with E-state index >= 15 is 0 Å². The number of amides is 1. The molecule has 25 heavy (non-hydrogen) atoms. The topological polar surface area (TPSA) is 54.5 Å². The van der Waals surface area contributed by atoms with Crippen LogP contribution >= 0.6 is 0 Å². The van der Waals surface area contributed by atoms with Gasteiger partial charge in [-0.3, -0.25) is 4.79 Å². The van der Waals surface area contributed by atoms with Crippen molar-refractivity contribution >= 4 is 11.7 Å². The molecule has 4 atom stereocenters. The van der Waals surface area contributed by atoms with Gasteiger partial charge in [0.05, 0.1) is 11.7 Å². The number of anilines is 1. The smallest absolute Gasteiger partial charge is 0.223 e. The number of nitrogens with one attached hydrogen (secondary N) is 1. The second-order valence-corrected chi connectivity index (χ2v) is 8.42. The van der Waals surface area contributed by atoms with Crippen LogP contribution in [0.4, 0.5) is 5.82 Å². The molecule has 1 aromatic rings. The van der Waals surface area contributed by atoms with Crippen molar-refractivity contribution < 1.29 is 9.53 Å². The van der Waals surface area contributed by atoms with E-state index in [1.165, 1.54) is 6.42 Å². The van der Waals surface area contributed by atoms with Gasteiger partial charge in [-0.05, 0) is 44.7 Å². The number of rotatable bonds is 4. The fraction of sp³-hybridized carbons (Fsp3) is 0.700. The van der Waals surface area contributed by atoms with E-state index in [-0.39, 0.29) is 17.4 Å². The maximum Gasteiger partial charge on any atom is 0.223 e. The summed E-state index contributed by atoms with van der Waals surface area (Å²) in [5.41, 5.74) is 1.05. The number of carbonyl (C=O) groups excluding carboxylic acids is 1. The zero-order valence-corrected chi connectivity index (χ0v) is 14.9. The van der Waals surface area contributed by atoms with Gasteiger partial charge in [-0.2, -0.15) is 0 Å². The maximum atomic E-state index is 12.2. The highest BCUT2D eigenvalue weighted by molar-refractivity contribution is 5.79. The Morgan fingerprint density at radius 3 is 3.04 bits per heavy atom. The fourth-order valence-corrected chi connectivity index (χ4v) is 5.38. The molecular weight excluding hydrogens is 314 g/mol. The number of fused-ring (bicyclic) bond motifs is 1. The van der Waals surface area contributed by atoms with Gasteiger partial charge in [0.2, 0.25) is 5.91 Å². The van der Waals surface area contributed by atoms with Crippen LogP contribution in [0.15, 0.2) is 18.2 Å². The third-order valence-electron chi connectivity index (χ3n) is 6.97. The van der Waals surface area contributed by atoms with Crippen molar-refractivity contribution in [3.8, 4) is 0 Å². The SMILES string of the molecule is Cc1cccc(N2C[C@@H]3[C@H](CNC(=O)C4CCC4)[C@H]4CC[C@]3(C2)O4)n1. The molecule has 1 N–H and O–H groups in total. The first-order valence-electron chi connectivity index (χ1n) is 9.79. The van der Waals surface area contributed by atoms with Crippen LogP contribution in [0.25, 0.3) is 0 Å². The number of ether oxygens (including phenoxy) is 1. The summed E-state index contributed by atoms with van der Waals surface area (Å²) in [4.78, 5) is 19.3. The molecule has 3 aliphatic heterocycles. The quantitative estimate of drug-likeness (QED) is 0.913. The summed E-state index contributed by atoms with van der Waals surface area (Å²) in [5.74, 6) is 2.55. The lowest BCUT2D eigenvalue weighted by Gasteiger charge is -2.30. The molecule has 2 bridgehead atoms. The number of nitrogens with zero attached hydrogens (tertiary/aromatic N) is 2. The molecule has 0 unspecified atom stereocenters. The Morgan fingerprint density at radius 1 is 1.40 bits per heavy atom. The molecule has 1 saturated carbocycles. The minimum absolute atomic E-state index is 0.0119. The largest absolute Gasteiger partial charge is 0.369 e. The summed E-state index contributed by atoms with van der Waals surface area (Å²) in [6.07, 6.45) is 5.96. The summed E-state index contributed by atoms with van der Waals surface area (Å²) < 4.78 is 6.49. The molecule has 0 radical (unpaired) electrons. The van der Waals surface area contributed by atoms with Crippen LogP contribution in [0.5, 0.6) is 0 Å². The Balaban J connectivity index is 1.30. The Kier molecular flexibility index (Phi) is 3.56. The molecule has 134 valence electrons. The van der Waals surface area contributed by atoms with Crippen molar-refractivity contribution in [1.29, 1.82) is 0 Å². The highest BCUT2D eigenvalue weighted by atomic mass is 16.5. The Bertz CT molecular complexity index is 689. The Labute approximate surface area is 149 Å². The lowest BCUT2D eigenvalue weighted by atomic mass is 9.73. The second kappa shape index (κ2) is 5.70. The van der Waals surface area contributed by atoms with E-state index in [1.807, 2.05) is 13.0 Å². The van der Waals surface area contributed by atoms with Crippen molar-refractivity contribution in [1.82, 2.24) is 10.3 Å². The minimum atomic E-state index is -0.0119. The van der Waals surface area contributed by atoms with Crippen LogP contribution in [0.1, 0.15) is 37.8 Å². The molecular formula is C20H27N3O2. The van der Waals surface area contributed by atoms with Crippen LogP contribution < -0.4 is 10.2 Å². The summed E-state index contributed by atoms with van der Waals surface area (Å²) in [7, 11) is 0. The predicted octanol–water partition coefficient (Wildman–Crippen LogP) is 2.29. The molecule has 1 amide bonds. The molecule has 4 heterocycles. The van der Waals surface area contributed by atoms with Crippen LogP contribution in [0, 0.1) is 24.7 Å². The normalized spacial score (nSPS) is 36.4. The number of hydrogen-bond acceptors (Lipinski definition) is 4. The van der Waals surface area contributed by atoms with E-state index in [1.54, 1.807) is 0 Å². The van der Waals surface area contributed by atoms with Crippen LogP contribution in [-0.4, -0.2) is 42.2 Å². The van der Waals surface area contributed by atoms with Crippen molar-refractivity contribution in [3.63, 3.8) is 0 Å². The first-order valence-corrected chi connectivity index (χ1v) is 9.79. The van der Waals surface area contributed by atoms with Crippen LogP contribution in [0.3, 0.4) is 0 Å². The molecule has 1 spiro atoms. The van der Waals surface area contributed by atoms with Crippen LogP contribution in [0.2, 0.25) is 0 Å². The molecule has 4 fully saturated rings. The zero-order chi connectivity index (χ0) is 17.0. The number of hydrogen-bond donors (Lipinski definition) is 1. The molecule has 1 aliphatic carbocycles. The van der Waals surface area contributed by atoms with Gasteiger partial charge in [0.25, 0.3) is 0 Å². The van der Waals surface area contributed by atoms with Crippen molar-refractivity contribution in [2.24, 2.45) is 17.8 Å². The summed E-state index contributed by atoms with van der Waals surface area (Å²) in [6.45, 7) is 4.76. The van der Waals surface area contributed by atoms with E-state index in [0.29, 0.717) is 17.9 Å². The van der Waals surface area contributed by atoms with Gasteiger partial charge >= 0.3 is 0 Å². The van der Waals surface area contributed by atoms with E-state index in [2.05, 4.69) is 22.3 Å². The van der Waals surface area contributed by atoms with E-state index < -0.39 is 0 Å². The average Bonchev–Trinajstić information content (AvgIpc) is 3.19. The molecule has 4 aliphatic rings. The van der Waals surface area contributed by atoms with Crippen molar-refractivity contribution in [3.05, 3.63) is 23.9 Å². The van der Waals surface area contributed by atoms with Gasteiger partial charge in [-0.25, -0.2) is 4.98 Å². The third kappa shape index (κ3) is 2.47. The minimum Gasteiger partial charge on any atom is -0.369 e. The first-order chi connectivity index (χ1) is 12.1. The number of carbonyl (C=O) groups is 1. The third-order valence-corrected chi connectivity index (χ3v) is 6.97. The van der Waals surface area contributed by atoms with Gasteiger partial charge in [-0.15, -0.1) is 0 Å². The highest BCUT2D eigenvalue weighted by Crippen LogP contribution is 2.55. The predicted molar refractivity (Wildman–Crippen MR) is 95.4 cm³/mol. The first kappa shape index (κ1) is 15.6. The summed E-state index contributed by atoms with van der Waals surface area (Å²) >= 11 is 0. The standard InChI is InChI=1S/C20H27N3O2/c1-13-4-2-7-18(22-13)23-11-16-15(10-21-19(24)14-5-3-6-14)17-8-9-20(16,12-23)25-17/h2,4,7,14-17H,3,5-6,8-12H2,1H3,(H,21,24)/t15-,16+,17+,20+/m0/s1. The van der Waals surface area contributed by atoms with E-state index in [9.17, 15) is 4.79 Å². The molecule has 5 heteroatoms. The second-order valence-electron chi connectivity index (χ2n) is 8.42. The highest BCUT2D eigenvalue weighted by Gasteiger charge is 2.63. The van der Waals surface area contributed by atoms with E-state index in [4.69, 9.17) is 9.72 Å². The fourth-order valence-electron chi connectivity index (χ4n) is 5.38.